The van der Waals surface area contributed by atoms with E-state index in [0.29, 0.717) is 19.8 Å². The van der Waals surface area contributed by atoms with Gasteiger partial charge < -0.3 is 4.74 Å². The second-order valence-corrected chi connectivity index (χ2v) is 9.51. The summed E-state index contributed by atoms with van der Waals surface area (Å²) in [5.41, 5.74) is 2.05. The molecule has 0 radical (unpaired) electrons. The van der Waals surface area contributed by atoms with Crippen LogP contribution < -0.4 is 5.56 Å². The summed E-state index contributed by atoms with van der Waals surface area (Å²) in [6, 6.07) is 16.3. The molecular formula is C22H21BrN2O2S2. The van der Waals surface area contributed by atoms with Crippen molar-refractivity contribution in [1.82, 2.24) is 9.55 Å². The van der Waals surface area contributed by atoms with Crippen LogP contribution in [0.1, 0.15) is 18.9 Å². The van der Waals surface area contributed by atoms with Crippen LogP contribution in [-0.4, -0.2) is 22.8 Å². The lowest BCUT2D eigenvalue weighted by Crippen LogP contribution is -2.23. The maximum atomic E-state index is 13.3. The van der Waals surface area contributed by atoms with Gasteiger partial charge in [0.1, 0.15) is 4.70 Å². The lowest BCUT2D eigenvalue weighted by Gasteiger charge is -2.12. The summed E-state index contributed by atoms with van der Waals surface area (Å²) < 4.78 is 10.2. The highest BCUT2D eigenvalue weighted by Crippen LogP contribution is 2.32. The number of thioether (sulfide) groups is 1. The summed E-state index contributed by atoms with van der Waals surface area (Å²) in [5, 5.41) is 1.82. The molecule has 0 aliphatic rings. The summed E-state index contributed by atoms with van der Waals surface area (Å²) in [7, 11) is 0. The van der Waals surface area contributed by atoms with Crippen molar-refractivity contribution in [3.05, 3.63) is 68.9 Å². The van der Waals surface area contributed by atoms with E-state index < -0.39 is 0 Å². The summed E-state index contributed by atoms with van der Waals surface area (Å²) in [6.07, 6.45) is 0.788. The Balaban J connectivity index is 1.73. The summed E-state index contributed by atoms with van der Waals surface area (Å²) in [4.78, 5) is 18.3. The van der Waals surface area contributed by atoms with E-state index in [0.717, 1.165) is 42.1 Å². The molecule has 0 unspecified atom stereocenters. The van der Waals surface area contributed by atoms with Gasteiger partial charge in [0.25, 0.3) is 5.56 Å². The number of rotatable bonds is 8. The average Bonchev–Trinajstić information content (AvgIpc) is 3.10. The van der Waals surface area contributed by atoms with Gasteiger partial charge in [-0.15, -0.1) is 11.3 Å². The number of halogens is 1. The highest BCUT2D eigenvalue weighted by molar-refractivity contribution is 9.10. The van der Waals surface area contributed by atoms with Crippen LogP contribution in [0.15, 0.2) is 63.0 Å². The molecule has 0 spiro atoms. The Hall–Kier alpha value is -1.67. The Morgan fingerprint density at radius 2 is 2.07 bits per heavy atom. The molecule has 0 saturated heterocycles. The van der Waals surface area contributed by atoms with Crippen molar-refractivity contribution in [1.29, 1.82) is 0 Å². The molecule has 2 aromatic carbocycles. The van der Waals surface area contributed by atoms with Gasteiger partial charge in [0.05, 0.1) is 5.52 Å². The van der Waals surface area contributed by atoms with Crippen LogP contribution in [0.4, 0.5) is 0 Å². The van der Waals surface area contributed by atoms with Gasteiger partial charge in [-0.3, -0.25) is 9.36 Å². The molecular weight excluding hydrogens is 468 g/mol. The first-order chi connectivity index (χ1) is 14.2. The third kappa shape index (κ3) is 4.58. The number of nitrogens with zero attached hydrogens (tertiary/aromatic N) is 2. The minimum absolute atomic E-state index is 0.0458. The standard InChI is InChI=1S/C22H21BrN2O2S2/c1-2-27-12-6-11-25-21(26)20-19(17-9-3-4-10-18(17)29-20)24-22(25)28-14-15-7-5-8-16(23)13-15/h3-5,7-10,13H,2,6,11-12,14H2,1H3. The quantitative estimate of drug-likeness (QED) is 0.171. The second-order valence-electron chi connectivity index (χ2n) is 6.60. The highest BCUT2D eigenvalue weighted by atomic mass is 79.9. The molecule has 0 aliphatic heterocycles. The van der Waals surface area contributed by atoms with Gasteiger partial charge in [0.15, 0.2) is 5.16 Å². The molecule has 0 atom stereocenters. The first kappa shape index (κ1) is 20.6. The Labute approximate surface area is 186 Å². The number of hydrogen-bond donors (Lipinski definition) is 0. The summed E-state index contributed by atoms with van der Waals surface area (Å²) >= 11 is 6.66. The molecule has 7 heteroatoms. The Morgan fingerprint density at radius 1 is 1.21 bits per heavy atom. The monoisotopic (exact) mass is 488 g/mol. The average molecular weight is 489 g/mol. The van der Waals surface area contributed by atoms with Crippen molar-refractivity contribution < 1.29 is 4.74 Å². The van der Waals surface area contributed by atoms with Crippen LogP contribution in [0, 0.1) is 0 Å². The van der Waals surface area contributed by atoms with Gasteiger partial charge in [0.2, 0.25) is 0 Å². The fourth-order valence-electron chi connectivity index (χ4n) is 3.20. The van der Waals surface area contributed by atoms with Crippen LogP contribution in [0.3, 0.4) is 0 Å². The molecule has 2 heterocycles. The molecule has 0 saturated carbocycles. The van der Waals surface area contributed by atoms with Gasteiger partial charge in [-0.25, -0.2) is 4.98 Å². The largest absolute Gasteiger partial charge is 0.382 e. The molecule has 0 N–H and O–H groups in total. The van der Waals surface area contributed by atoms with Gasteiger partial charge in [-0.05, 0) is 37.1 Å². The van der Waals surface area contributed by atoms with Crippen LogP contribution in [-0.2, 0) is 17.0 Å². The minimum Gasteiger partial charge on any atom is -0.382 e. The number of aromatic nitrogens is 2. The van der Waals surface area contributed by atoms with Crippen molar-refractivity contribution in [2.75, 3.05) is 13.2 Å². The second kappa shape index (κ2) is 9.43. The normalized spacial score (nSPS) is 11.5. The molecule has 0 bridgehead atoms. The summed E-state index contributed by atoms with van der Waals surface area (Å²) in [6.45, 7) is 3.92. The number of fused-ring (bicyclic) bond motifs is 3. The molecule has 150 valence electrons. The van der Waals surface area contributed by atoms with E-state index >= 15 is 0 Å². The van der Waals surface area contributed by atoms with Crippen LogP contribution >= 0.6 is 39.0 Å². The molecule has 4 rings (SSSR count). The predicted molar refractivity (Wildman–Crippen MR) is 126 cm³/mol. The van der Waals surface area contributed by atoms with E-state index in [1.54, 1.807) is 11.8 Å². The van der Waals surface area contributed by atoms with Crippen molar-refractivity contribution in [3.8, 4) is 0 Å². The van der Waals surface area contributed by atoms with Crippen LogP contribution in [0.5, 0.6) is 0 Å². The molecule has 29 heavy (non-hydrogen) atoms. The van der Waals surface area contributed by atoms with E-state index in [4.69, 9.17) is 9.72 Å². The third-order valence-electron chi connectivity index (χ3n) is 4.58. The van der Waals surface area contributed by atoms with Gasteiger partial charge in [-0.2, -0.15) is 0 Å². The number of hydrogen-bond acceptors (Lipinski definition) is 5. The summed E-state index contributed by atoms with van der Waals surface area (Å²) in [5.74, 6) is 0.755. The molecule has 4 nitrogen and oxygen atoms in total. The smallest absolute Gasteiger partial charge is 0.272 e. The highest BCUT2D eigenvalue weighted by Gasteiger charge is 2.16. The predicted octanol–water partition coefficient (Wildman–Crippen LogP) is 6.09. The van der Waals surface area contributed by atoms with E-state index in [1.165, 1.54) is 16.9 Å². The Bertz CT molecular complexity index is 1200. The topological polar surface area (TPSA) is 44.1 Å². The van der Waals surface area contributed by atoms with E-state index in [-0.39, 0.29) is 5.56 Å². The first-order valence-electron chi connectivity index (χ1n) is 9.54. The Morgan fingerprint density at radius 3 is 2.90 bits per heavy atom. The lowest BCUT2D eigenvalue weighted by molar-refractivity contribution is 0.140. The van der Waals surface area contributed by atoms with Gasteiger partial charge in [-0.1, -0.05) is 58.0 Å². The van der Waals surface area contributed by atoms with Crippen molar-refractivity contribution in [2.45, 2.75) is 30.8 Å². The van der Waals surface area contributed by atoms with Crippen molar-refractivity contribution >= 4 is 59.3 Å². The molecule has 0 fully saturated rings. The number of ether oxygens (including phenoxy) is 1. The third-order valence-corrected chi connectivity index (χ3v) is 7.27. The molecule has 0 aliphatic carbocycles. The fourth-order valence-corrected chi connectivity index (χ4v) is 5.70. The van der Waals surface area contributed by atoms with Crippen LogP contribution in [0.2, 0.25) is 0 Å². The lowest BCUT2D eigenvalue weighted by atomic mass is 10.2. The molecule has 4 aromatic rings. The number of thiophene rings is 1. The van der Waals surface area contributed by atoms with Crippen molar-refractivity contribution in [3.63, 3.8) is 0 Å². The fraction of sp³-hybridized carbons (Fsp3) is 0.273. The van der Waals surface area contributed by atoms with Gasteiger partial charge >= 0.3 is 0 Å². The zero-order valence-corrected chi connectivity index (χ0v) is 19.3. The number of benzene rings is 2. The SMILES string of the molecule is CCOCCCn1c(SCc2cccc(Br)c2)nc2c(sc3ccccc32)c1=O. The first-order valence-corrected chi connectivity index (χ1v) is 12.1. The zero-order chi connectivity index (χ0) is 20.2. The maximum absolute atomic E-state index is 13.3. The zero-order valence-electron chi connectivity index (χ0n) is 16.1. The van der Waals surface area contributed by atoms with E-state index in [9.17, 15) is 4.79 Å². The Kier molecular flexibility index (Phi) is 6.70. The molecule has 0 amide bonds. The van der Waals surface area contributed by atoms with Gasteiger partial charge in [0, 0.05) is 40.1 Å². The minimum atomic E-state index is 0.0458. The van der Waals surface area contributed by atoms with Crippen LogP contribution in [0.25, 0.3) is 20.3 Å². The van der Waals surface area contributed by atoms with E-state index in [1.807, 2.05) is 41.8 Å². The maximum Gasteiger partial charge on any atom is 0.272 e. The van der Waals surface area contributed by atoms with E-state index in [2.05, 4.69) is 34.1 Å². The van der Waals surface area contributed by atoms with Crippen molar-refractivity contribution in [2.24, 2.45) is 0 Å². The molecule has 2 aromatic heterocycles.